The first-order valence-electron chi connectivity index (χ1n) is 26.1. The molecule has 62 heavy (non-hydrogen) atoms. The van der Waals surface area contributed by atoms with E-state index < -0.39 is 60.4 Å². The number of hydrogen-bond donors (Lipinski definition) is 0. The van der Waals surface area contributed by atoms with E-state index in [0.29, 0.717) is 45.8 Å². The lowest BCUT2D eigenvalue weighted by Gasteiger charge is -2.24. The van der Waals surface area contributed by atoms with Crippen LogP contribution in [0, 0.1) is 0 Å². The summed E-state index contributed by atoms with van der Waals surface area (Å²) < 4.78 is 93.5. The lowest BCUT2D eigenvalue weighted by Crippen LogP contribution is -2.10. The fraction of sp³-hybridized carbons (Fsp3) is 0.105. The molecule has 0 N–H and O–H groups in total. The van der Waals surface area contributed by atoms with Crippen molar-refractivity contribution in [3.8, 4) is 56.7 Å². The molecule has 296 valence electrons. The Kier molecular flexibility index (Phi) is 6.65. The molecule has 1 saturated carbocycles. The van der Waals surface area contributed by atoms with Crippen LogP contribution in [-0.4, -0.2) is 24.1 Å². The Bertz CT molecular complexity index is 3990. The van der Waals surface area contributed by atoms with Crippen LogP contribution in [0.2, 0.25) is 0 Å². The lowest BCUT2D eigenvalue weighted by molar-refractivity contribution is 0.444. The van der Waals surface area contributed by atoms with Gasteiger partial charge in [0, 0.05) is 38.2 Å². The zero-order valence-electron chi connectivity index (χ0n) is 43.6. The van der Waals surface area contributed by atoms with Gasteiger partial charge in [-0.1, -0.05) is 195 Å². The second-order valence-electron chi connectivity index (χ2n) is 15.8. The topological polar surface area (TPSA) is 48.5 Å². The maximum absolute atomic E-state index is 9.41. The van der Waals surface area contributed by atoms with Gasteiger partial charge in [0.15, 0.2) is 11.6 Å². The lowest BCUT2D eigenvalue weighted by atomic mass is 9.82. The molecule has 1 aliphatic rings. The maximum Gasteiger partial charge on any atom is 0.238 e. The van der Waals surface area contributed by atoms with Crippen molar-refractivity contribution in [2.75, 3.05) is 0 Å². The highest BCUT2D eigenvalue weighted by Gasteiger charge is 2.26. The molecule has 0 bridgehead atoms. The summed E-state index contributed by atoms with van der Waals surface area (Å²) in [7, 11) is 0. The van der Waals surface area contributed by atoms with Crippen molar-refractivity contribution in [2.24, 2.45) is 0 Å². The molecule has 0 radical (unpaired) electrons. The van der Waals surface area contributed by atoms with Crippen LogP contribution in [0.5, 0.6) is 0 Å². The summed E-state index contributed by atoms with van der Waals surface area (Å²) in [5.41, 5.74) is 6.00. The Labute approximate surface area is 374 Å². The zero-order chi connectivity index (χ0) is 49.7. The molecule has 0 spiro atoms. The zero-order valence-corrected chi connectivity index (χ0v) is 33.6. The van der Waals surface area contributed by atoms with Crippen molar-refractivity contribution in [1.82, 2.24) is 24.1 Å². The van der Waals surface area contributed by atoms with Crippen molar-refractivity contribution in [2.45, 2.75) is 38.0 Å². The molecular formula is C57H43N5. The minimum Gasteiger partial charge on any atom is -0.307 e. The number of nitrogens with zero attached hydrogens (tertiary/aromatic N) is 5. The van der Waals surface area contributed by atoms with Crippen LogP contribution >= 0.6 is 0 Å². The summed E-state index contributed by atoms with van der Waals surface area (Å²) in [5, 5.41) is 3.44. The van der Waals surface area contributed by atoms with Crippen LogP contribution in [0.4, 0.5) is 0 Å². The molecule has 3 heterocycles. The average Bonchev–Trinajstić information content (AvgIpc) is 3.95. The molecule has 0 atom stereocenters. The van der Waals surface area contributed by atoms with Gasteiger partial charge in [-0.2, -0.15) is 9.97 Å². The molecule has 5 heteroatoms. The number of fused-ring (bicyclic) bond motifs is 7. The van der Waals surface area contributed by atoms with Crippen molar-refractivity contribution in [1.29, 1.82) is 0 Å². The van der Waals surface area contributed by atoms with E-state index in [4.69, 9.17) is 23.2 Å². The van der Waals surface area contributed by atoms with Gasteiger partial charge in [-0.05, 0) is 59.2 Å². The maximum atomic E-state index is 9.41. The van der Waals surface area contributed by atoms with E-state index in [1.54, 1.807) is 18.2 Å². The highest BCUT2D eigenvalue weighted by molar-refractivity contribution is 6.24. The molecule has 5 nitrogen and oxygen atoms in total. The summed E-state index contributed by atoms with van der Waals surface area (Å²) in [6.07, 6.45) is 5.70. The van der Waals surface area contributed by atoms with Crippen LogP contribution in [0.15, 0.2) is 194 Å². The third-order valence-electron chi connectivity index (χ3n) is 12.4. The van der Waals surface area contributed by atoms with E-state index in [9.17, 15) is 5.48 Å². The Morgan fingerprint density at radius 1 is 0.435 bits per heavy atom. The third kappa shape index (κ3) is 5.95. The van der Waals surface area contributed by atoms with Crippen molar-refractivity contribution < 1.29 is 13.7 Å². The molecule has 0 saturated heterocycles. The Morgan fingerprint density at radius 3 is 1.74 bits per heavy atom. The number of hydrogen-bond acceptors (Lipinski definition) is 3. The molecule has 11 aromatic rings. The number of rotatable bonds is 7. The highest BCUT2D eigenvalue weighted by atomic mass is 15.2. The van der Waals surface area contributed by atoms with E-state index in [1.807, 2.05) is 83.4 Å². The van der Waals surface area contributed by atoms with Crippen LogP contribution in [0.25, 0.3) is 100 Å². The van der Waals surface area contributed by atoms with Crippen LogP contribution in [0.3, 0.4) is 0 Å². The Morgan fingerprint density at radius 2 is 1.02 bits per heavy atom. The van der Waals surface area contributed by atoms with E-state index >= 15 is 0 Å². The Hall–Kier alpha value is -7.63. The van der Waals surface area contributed by atoms with E-state index in [0.717, 1.165) is 63.9 Å². The number of para-hydroxylation sites is 2. The molecule has 1 fully saturated rings. The molecule has 0 aliphatic heterocycles. The van der Waals surface area contributed by atoms with E-state index in [1.165, 1.54) is 12.0 Å². The predicted molar refractivity (Wildman–Crippen MR) is 256 cm³/mol. The standard InChI is InChI=1S/C57H43N5/c1-5-20-38(21-6-1)42-28-13-14-31-48(42)56-58-55(41-26-11-4-12-27-41)59-57(60-56)62-50-34-18-16-30-45(50)47-37-36-46-44-29-15-17-33-49(44)61(53(46)54(47)62)51-35-19-32-43(39-22-7-2-8-23-39)52(51)40-24-9-3-10-25-40/h2-4,7-19,22-38H,1,5-6,20-21H2/i2D,3D,7D,8D,9D,10D,22D,23D,24D,25D. The first-order chi connectivity index (χ1) is 34.9. The van der Waals surface area contributed by atoms with E-state index in [2.05, 4.69) is 41.0 Å². The van der Waals surface area contributed by atoms with Gasteiger partial charge in [-0.3, -0.25) is 4.57 Å². The van der Waals surface area contributed by atoms with Gasteiger partial charge in [-0.15, -0.1) is 0 Å². The summed E-state index contributed by atoms with van der Waals surface area (Å²) in [5.74, 6) is 1.75. The van der Waals surface area contributed by atoms with Gasteiger partial charge in [0.1, 0.15) is 0 Å². The second kappa shape index (κ2) is 15.1. The molecule has 0 amide bonds. The molecule has 1 aliphatic carbocycles. The van der Waals surface area contributed by atoms with Gasteiger partial charge >= 0.3 is 0 Å². The van der Waals surface area contributed by atoms with Crippen molar-refractivity contribution in [3.05, 3.63) is 199 Å². The van der Waals surface area contributed by atoms with Gasteiger partial charge < -0.3 is 4.57 Å². The molecule has 3 aromatic heterocycles. The smallest absolute Gasteiger partial charge is 0.238 e. The fourth-order valence-electron chi connectivity index (χ4n) is 9.69. The van der Waals surface area contributed by atoms with Crippen LogP contribution in [-0.2, 0) is 0 Å². The summed E-state index contributed by atoms with van der Waals surface area (Å²) in [6, 6.07) is 37.8. The average molecular weight is 808 g/mol. The minimum absolute atomic E-state index is 0.0866. The van der Waals surface area contributed by atoms with Gasteiger partial charge in [0.05, 0.1) is 41.5 Å². The number of aromatic nitrogens is 5. The first kappa shape index (κ1) is 27.3. The Balaban J connectivity index is 1.26. The van der Waals surface area contributed by atoms with Crippen molar-refractivity contribution in [3.63, 3.8) is 0 Å². The minimum atomic E-state index is -0.591. The van der Waals surface area contributed by atoms with Gasteiger partial charge in [-0.25, -0.2) is 4.98 Å². The largest absolute Gasteiger partial charge is 0.307 e. The summed E-state index contributed by atoms with van der Waals surface area (Å²) in [4.78, 5) is 16.0. The van der Waals surface area contributed by atoms with Crippen LogP contribution in [0.1, 0.15) is 57.3 Å². The first-order valence-corrected chi connectivity index (χ1v) is 21.1. The molecule has 8 aromatic carbocycles. The molecule has 12 rings (SSSR count). The molecule has 0 unspecified atom stereocenters. The third-order valence-corrected chi connectivity index (χ3v) is 12.4. The quantitative estimate of drug-likeness (QED) is 0.161. The van der Waals surface area contributed by atoms with Gasteiger partial charge in [0.2, 0.25) is 5.95 Å². The normalized spacial score (nSPS) is 15.7. The predicted octanol–water partition coefficient (Wildman–Crippen LogP) is 14.8. The summed E-state index contributed by atoms with van der Waals surface area (Å²) >= 11 is 0. The number of benzene rings is 8. The fourth-order valence-corrected chi connectivity index (χ4v) is 9.69. The van der Waals surface area contributed by atoms with Crippen LogP contribution < -0.4 is 0 Å². The monoisotopic (exact) mass is 807 g/mol. The van der Waals surface area contributed by atoms with Gasteiger partial charge in [0.25, 0.3) is 0 Å². The van der Waals surface area contributed by atoms with Crippen molar-refractivity contribution >= 4 is 43.6 Å². The highest BCUT2D eigenvalue weighted by Crippen LogP contribution is 2.45. The summed E-state index contributed by atoms with van der Waals surface area (Å²) in [6.45, 7) is 0. The SMILES string of the molecule is [2H]c1c([2H])c([2H])c(-c2cccc(-n3c4ccccc4c4ccc5c6ccccc6n(-c6nc(-c7ccccc7)nc(-c7ccccc7C7CCCCC7)n6)c5c43)c2-c2c([2H])c([2H])c([2H])c([2H])c2[2H])c([2H])c1[2H]. The van der Waals surface area contributed by atoms with E-state index in [-0.39, 0.29) is 22.3 Å². The second-order valence-corrected chi connectivity index (χ2v) is 15.8. The molecular weight excluding hydrogens is 755 g/mol.